The molecule has 0 heterocycles. The van der Waals surface area contributed by atoms with Gasteiger partial charge in [0.2, 0.25) is 0 Å². The van der Waals surface area contributed by atoms with Crippen molar-refractivity contribution >= 4 is 17.5 Å². The third kappa shape index (κ3) is 2.61. The second kappa shape index (κ2) is 5.00. The number of alkyl halides is 1. The second-order valence-electron chi connectivity index (χ2n) is 3.44. The highest BCUT2D eigenvalue weighted by atomic mass is 19.1. The molecule has 2 atom stereocenters. The van der Waals surface area contributed by atoms with Gasteiger partial charge in [0.1, 0.15) is 0 Å². The molecule has 1 rings (SSSR count). The molecule has 1 aliphatic carbocycles. The first-order valence-electron chi connectivity index (χ1n) is 4.96. The van der Waals surface area contributed by atoms with E-state index < -0.39 is 29.6 Å². The Balaban J connectivity index is 2.66. The first-order valence-corrected chi connectivity index (χ1v) is 4.96. The maximum Gasteiger partial charge on any atom is 0.375 e. The summed E-state index contributed by atoms with van der Waals surface area (Å²) in [5, 5.41) is 0. The van der Waals surface area contributed by atoms with Crippen molar-refractivity contribution in [3.63, 3.8) is 0 Å². The van der Waals surface area contributed by atoms with Crippen LogP contribution in [-0.4, -0.2) is 30.3 Å². The SMILES string of the molecule is CCOC(=O)C(=O)[C@H]1CCC[C@H](F)C1=O. The Labute approximate surface area is 86.8 Å². The molecule has 0 aromatic rings. The van der Waals surface area contributed by atoms with Gasteiger partial charge in [-0.05, 0) is 26.2 Å². The summed E-state index contributed by atoms with van der Waals surface area (Å²) in [5.41, 5.74) is 0. The number of rotatable bonds is 3. The molecule has 1 saturated carbocycles. The minimum atomic E-state index is -1.61. The van der Waals surface area contributed by atoms with Crippen molar-refractivity contribution in [3.05, 3.63) is 0 Å². The van der Waals surface area contributed by atoms with Crippen molar-refractivity contribution in [2.45, 2.75) is 32.4 Å². The quantitative estimate of drug-likeness (QED) is 0.398. The fourth-order valence-electron chi connectivity index (χ4n) is 1.61. The molecule has 15 heavy (non-hydrogen) atoms. The van der Waals surface area contributed by atoms with Crippen LogP contribution >= 0.6 is 0 Å². The molecule has 1 fully saturated rings. The molecule has 0 N–H and O–H groups in total. The van der Waals surface area contributed by atoms with Crippen molar-refractivity contribution in [2.24, 2.45) is 5.92 Å². The van der Waals surface area contributed by atoms with Gasteiger partial charge in [0, 0.05) is 0 Å². The summed E-state index contributed by atoms with van der Waals surface area (Å²) in [4.78, 5) is 33.7. The van der Waals surface area contributed by atoms with Crippen molar-refractivity contribution < 1.29 is 23.5 Å². The fourth-order valence-corrected chi connectivity index (χ4v) is 1.61. The van der Waals surface area contributed by atoms with Gasteiger partial charge in [0.05, 0.1) is 12.5 Å². The molecule has 0 bridgehead atoms. The molecular formula is C10H13FO4. The summed E-state index contributed by atoms with van der Waals surface area (Å²) in [7, 11) is 0. The van der Waals surface area contributed by atoms with Gasteiger partial charge in [-0.1, -0.05) is 0 Å². The molecule has 84 valence electrons. The van der Waals surface area contributed by atoms with E-state index in [1.54, 1.807) is 6.92 Å². The molecule has 0 amide bonds. The van der Waals surface area contributed by atoms with E-state index in [0.29, 0.717) is 6.42 Å². The third-order valence-electron chi connectivity index (χ3n) is 2.40. The van der Waals surface area contributed by atoms with Gasteiger partial charge in [0.25, 0.3) is 5.78 Å². The lowest BCUT2D eigenvalue weighted by molar-refractivity contribution is -0.158. The van der Waals surface area contributed by atoms with Crippen molar-refractivity contribution in [1.29, 1.82) is 0 Å². The van der Waals surface area contributed by atoms with Gasteiger partial charge in [0.15, 0.2) is 12.0 Å². The largest absolute Gasteiger partial charge is 0.460 e. The average Bonchev–Trinajstić information content (AvgIpc) is 2.21. The van der Waals surface area contributed by atoms with Crippen LogP contribution in [0.25, 0.3) is 0 Å². The van der Waals surface area contributed by atoms with Crippen LogP contribution in [0.2, 0.25) is 0 Å². The molecule has 0 aromatic heterocycles. The number of Topliss-reactive ketones (excluding diaryl/α,β-unsaturated/α-hetero) is 2. The first-order chi connectivity index (χ1) is 7.07. The van der Waals surface area contributed by atoms with E-state index >= 15 is 0 Å². The van der Waals surface area contributed by atoms with Crippen molar-refractivity contribution in [3.8, 4) is 0 Å². The number of esters is 1. The number of hydrogen-bond acceptors (Lipinski definition) is 4. The number of ether oxygens (including phenoxy) is 1. The lowest BCUT2D eigenvalue weighted by Crippen LogP contribution is -2.38. The third-order valence-corrected chi connectivity index (χ3v) is 2.40. The number of carbonyl (C=O) groups excluding carboxylic acids is 3. The molecule has 0 spiro atoms. The zero-order chi connectivity index (χ0) is 11.4. The highest BCUT2D eigenvalue weighted by Gasteiger charge is 2.39. The van der Waals surface area contributed by atoms with E-state index in [0.717, 1.165) is 0 Å². The lowest BCUT2D eigenvalue weighted by atomic mass is 9.84. The fraction of sp³-hybridized carbons (Fsp3) is 0.700. The summed E-state index contributed by atoms with van der Waals surface area (Å²) in [6.07, 6.45) is -0.771. The number of ketones is 2. The van der Waals surface area contributed by atoms with Crippen LogP contribution in [0.15, 0.2) is 0 Å². The Morgan fingerprint density at radius 3 is 2.73 bits per heavy atom. The Bertz CT molecular complexity index is 287. The monoisotopic (exact) mass is 216 g/mol. The van der Waals surface area contributed by atoms with E-state index in [9.17, 15) is 18.8 Å². The lowest BCUT2D eigenvalue weighted by Gasteiger charge is -2.20. The Kier molecular flexibility index (Phi) is 3.94. The number of halogens is 1. The molecule has 0 radical (unpaired) electrons. The van der Waals surface area contributed by atoms with E-state index in [2.05, 4.69) is 4.74 Å². The molecule has 0 saturated heterocycles. The van der Waals surface area contributed by atoms with Crippen molar-refractivity contribution in [2.75, 3.05) is 6.61 Å². The summed E-state index contributed by atoms with van der Waals surface area (Å²) < 4.78 is 17.5. The van der Waals surface area contributed by atoms with Crippen molar-refractivity contribution in [1.82, 2.24) is 0 Å². The van der Waals surface area contributed by atoms with Gasteiger partial charge < -0.3 is 4.74 Å². The summed E-state index contributed by atoms with van der Waals surface area (Å²) in [6, 6.07) is 0. The second-order valence-corrected chi connectivity index (χ2v) is 3.44. The Hall–Kier alpha value is -1.26. The van der Waals surface area contributed by atoms with Crippen LogP contribution in [0.3, 0.4) is 0 Å². The first kappa shape index (κ1) is 11.8. The number of carbonyl (C=O) groups is 3. The van der Waals surface area contributed by atoms with E-state index in [4.69, 9.17) is 0 Å². The van der Waals surface area contributed by atoms with Crippen LogP contribution in [0.4, 0.5) is 4.39 Å². The van der Waals surface area contributed by atoms with Crippen LogP contribution in [0, 0.1) is 5.92 Å². The molecule has 0 aromatic carbocycles. The minimum absolute atomic E-state index is 0.0739. The smallest absolute Gasteiger partial charge is 0.375 e. The Morgan fingerprint density at radius 1 is 1.47 bits per heavy atom. The van der Waals surface area contributed by atoms with Crippen LogP contribution in [0.5, 0.6) is 0 Å². The van der Waals surface area contributed by atoms with E-state index in [-0.39, 0.29) is 19.4 Å². The maximum atomic E-state index is 13.0. The normalized spacial score (nSPS) is 26.1. The van der Waals surface area contributed by atoms with Crippen LogP contribution in [0.1, 0.15) is 26.2 Å². The van der Waals surface area contributed by atoms with Gasteiger partial charge in [-0.2, -0.15) is 0 Å². The molecule has 0 aliphatic heterocycles. The highest BCUT2D eigenvalue weighted by Crippen LogP contribution is 2.24. The maximum absolute atomic E-state index is 13.0. The zero-order valence-corrected chi connectivity index (χ0v) is 8.49. The average molecular weight is 216 g/mol. The highest BCUT2D eigenvalue weighted by molar-refractivity contribution is 6.38. The van der Waals surface area contributed by atoms with Crippen LogP contribution in [-0.2, 0) is 19.1 Å². The summed E-state index contributed by atoms with van der Waals surface area (Å²) >= 11 is 0. The standard InChI is InChI=1S/C10H13FO4/c1-2-15-10(14)9(13)6-4-3-5-7(11)8(6)12/h6-7H,2-5H2,1H3/t6-,7-/m0/s1. The van der Waals surface area contributed by atoms with Gasteiger partial charge in [-0.15, -0.1) is 0 Å². The Morgan fingerprint density at radius 2 is 2.13 bits per heavy atom. The number of hydrogen-bond donors (Lipinski definition) is 0. The predicted molar refractivity (Wildman–Crippen MR) is 48.9 cm³/mol. The molecule has 0 unspecified atom stereocenters. The molecule has 5 heteroatoms. The summed E-state index contributed by atoms with van der Waals surface area (Å²) in [6.45, 7) is 1.64. The topological polar surface area (TPSA) is 60.4 Å². The van der Waals surface area contributed by atoms with Crippen LogP contribution < -0.4 is 0 Å². The summed E-state index contributed by atoms with van der Waals surface area (Å²) in [5.74, 6) is -3.86. The van der Waals surface area contributed by atoms with Gasteiger partial charge in [-0.25, -0.2) is 9.18 Å². The minimum Gasteiger partial charge on any atom is -0.460 e. The van der Waals surface area contributed by atoms with Gasteiger partial charge in [-0.3, -0.25) is 9.59 Å². The van der Waals surface area contributed by atoms with E-state index in [1.165, 1.54) is 0 Å². The molecule has 4 nitrogen and oxygen atoms in total. The molecular weight excluding hydrogens is 203 g/mol. The predicted octanol–water partition coefficient (Wildman–Crippen LogP) is 0.826. The van der Waals surface area contributed by atoms with Gasteiger partial charge >= 0.3 is 5.97 Å². The zero-order valence-electron chi connectivity index (χ0n) is 8.49. The van der Waals surface area contributed by atoms with E-state index in [1.807, 2.05) is 0 Å². The molecule has 1 aliphatic rings.